The maximum absolute atomic E-state index is 13.4. The maximum Gasteiger partial charge on any atom is 0.306 e. The third kappa shape index (κ3) is 9.71. The average Bonchev–Trinajstić information content (AvgIpc) is 3.26. The van der Waals surface area contributed by atoms with Crippen molar-refractivity contribution in [2.45, 2.75) is 51.5 Å². The fourth-order valence-corrected chi connectivity index (χ4v) is 5.08. The summed E-state index contributed by atoms with van der Waals surface area (Å²) in [5, 5.41) is 15.1. The van der Waals surface area contributed by atoms with Crippen LogP contribution in [0.5, 0.6) is 17.2 Å². The van der Waals surface area contributed by atoms with Crippen molar-refractivity contribution in [1.29, 1.82) is 0 Å². The van der Waals surface area contributed by atoms with Crippen molar-refractivity contribution < 1.29 is 48.0 Å². The van der Waals surface area contributed by atoms with Gasteiger partial charge in [0, 0.05) is 19.0 Å². The van der Waals surface area contributed by atoms with E-state index in [1.54, 1.807) is 12.1 Å². The summed E-state index contributed by atoms with van der Waals surface area (Å²) >= 11 is 0. The molecule has 0 heterocycles. The Morgan fingerprint density at radius 3 is 2.24 bits per heavy atom. The van der Waals surface area contributed by atoms with Crippen LogP contribution < -0.4 is 30.3 Å². The van der Waals surface area contributed by atoms with E-state index in [2.05, 4.69) is 15.5 Å². The Labute approximate surface area is 265 Å². The summed E-state index contributed by atoms with van der Waals surface area (Å²) in [5.74, 6) is -0.115. The average molecular weight is 646 g/mol. The number of hydrogen-bond donors (Lipinski definition) is 2. The highest BCUT2D eigenvalue weighted by Crippen LogP contribution is 2.50. The zero-order valence-electron chi connectivity index (χ0n) is 26.3. The van der Waals surface area contributed by atoms with Gasteiger partial charge in [0.25, 0.3) is 5.09 Å². The zero-order chi connectivity index (χ0) is 33.6. The first-order valence-corrected chi connectivity index (χ1v) is 14.7. The maximum atomic E-state index is 13.4. The van der Waals surface area contributed by atoms with Gasteiger partial charge in [0.15, 0.2) is 11.5 Å². The second kappa shape index (κ2) is 17.4. The predicted molar refractivity (Wildman–Crippen MR) is 165 cm³/mol. The van der Waals surface area contributed by atoms with Crippen LogP contribution in [-0.4, -0.2) is 70.6 Å². The lowest BCUT2D eigenvalue weighted by molar-refractivity contribution is -0.757. The molecule has 0 radical (unpaired) electrons. The molecule has 15 nitrogen and oxygen atoms in total. The highest BCUT2D eigenvalue weighted by molar-refractivity contribution is 5.84. The van der Waals surface area contributed by atoms with Gasteiger partial charge in [-0.3, -0.25) is 19.2 Å². The van der Waals surface area contributed by atoms with E-state index in [-0.39, 0.29) is 56.2 Å². The first kappa shape index (κ1) is 35.4. The van der Waals surface area contributed by atoms with Gasteiger partial charge in [-0.15, -0.1) is 10.1 Å². The van der Waals surface area contributed by atoms with Gasteiger partial charge in [0.05, 0.1) is 59.1 Å². The molecule has 1 aliphatic rings. The second-order valence-electron chi connectivity index (χ2n) is 10.2. The van der Waals surface area contributed by atoms with E-state index in [1.807, 2.05) is 6.07 Å². The minimum absolute atomic E-state index is 0.0556. The van der Waals surface area contributed by atoms with Crippen LogP contribution in [0.3, 0.4) is 0 Å². The Hall–Kier alpha value is -5.08. The molecule has 1 atom stereocenters. The van der Waals surface area contributed by atoms with Crippen molar-refractivity contribution in [1.82, 2.24) is 5.32 Å². The molecular formula is C31H39N3O12. The van der Waals surface area contributed by atoms with Crippen LogP contribution in [0.1, 0.15) is 56.2 Å². The normalized spacial score (nSPS) is 13.2. The number of nitrogens with one attached hydrogen (secondary N) is 2. The highest BCUT2D eigenvalue weighted by Gasteiger charge is 2.29. The van der Waals surface area contributed by atoms with Gasteiger partial charge < -0.3 is 39.2 Å². The van der Waals surface area contributed by atoms with Crippen molar-refractivity contribution in [3.63, 3.8) is 0 Å². The number of amides is 1. The predicted octanol–water partition coefficient (Wildman–Crippen LogP) is 3.13. The molecule has 0 spiro atoms. The Balaban J connectivity index is 1.68. The minimum atomic E-state index is -0.891. The number of carbonyl (C=O) groups excluding carboxylic acids is 3. The number of benzene rings is 1. The van der Waals surface area contributed by atoms with E-state index < -0.39 is 23.1 Å². The van der Waals surface area contributed by atoms with Crippen LogP contribution in [0.4, 0.5) is 5.69 Å². The molecular weight excluding hydrogens is 606 g/mol. The Morgan fingerprint density at radius 2 is 1.61 bits per heavy atom. The third-order valence-electron chi connectivity index (χ3n) is 7.13. The molecule has 15 heteroatoms. The van der Waals surface area contributed by atoms with E-state index in [0.29, 0.717) is 54.1 Å². The topological polar surface area (TPSA) is 191 Å². The Kier molecular flexibility index (Phi) is 13.4. The smallest absolute Gasteiger partial charge is 0.306 e. The highest BCUT2D eigenvalue weighted by atomic mass is 16.9. The summed E-state index contributed by atoms with van der Waals surface area (Å²) in [6.45, 7) is 1.44. The first-order chi connectivity index (χ1) is 22.1. The SMILES string of the molecule is COc1cc2c(c(OC)c1OC)-c1ccc(NCCOC(=O)CCC(=O)OCCCCO[N+](=O)[O-])c(=O)cc1[C@@H](NC(C)=O)CC2. The summed E-state index contributed by atoms with van der Waals surface area (Å²) in [7, 11) is 4.57. The number of hydrogen-bond acceptors (Lipinski definition) is 13. The molecule has 0 fully saturated rings. The molecule has 0 saturated carbocycles. The van der Waals surface area contributed by atoms with Gasteiger partial charge in [0.1, 0.15) is 6.61 Å². The van der Waals surface area contributed by atoms with Crippen LogP contribution in [0.15, 0.2) is 29.1 Å². The van der Waals surface area contributed by atoms with Crippen LogP contribution >= 0.6 is 0 Å². The molecule has 0 bridgehead atoms. The molecule has 250 valence electrons. The van der Waals surface area contributed by atoms with Gasteiger partial charge in [-0.25, -0.2) is 0 Å². The van der Waals surface area contributed by atoms with Crippen molar-refractivity contribution in [2.24, 2.45) is 0 Å². The number of unbranched alkanes of at least 4 members (excludes halogenated alkanes) is 1. The van der Waals surface area contributed by atoms with Crippen LogP contribution in [-0.2, 0) is 35.1 Å². The number of anilines is 1. The van der Waals surface area contributed by atoms with Gasteiger partial charge in [-0.2, -0.15) is 0 Å². The fraction of sp³-hybridized carbons (Fsp3) is 0.484. The van der Waals surface area contributed by atoms with Gasteiger partial charge in [-0.05, 0) is 60.6 Å². The molecule has 2 aromatic carbocycles. The standard InChI is InChI=1S/C31H39N3O12/c1-19(35)33-23-9-7-20-17-26(41-2)30(42-3)31(43-4)29(20)21-8-10-24(25(36)18-22(21)23)32-13-16-45-28(38)12-11-27(37)44-14-5-6-15-46-34(39)40/h8,10,17-18,23H,5-7,9,11-16H2,1-4H3,(H,32,36)(H,33,35)/t23-/m0/s1. The number of aryl methyl sites for hydroxylation is 1. The Morgan fingerprint density at radius 1 is 0.935 bits per heavy atom. The molecule has 1 aliphatic carbocycles. The summed E-state index contributed by atoms with van der Waals surface area (Å²) in [6, 6.07) is 6.30. The van der Waals surface area contributed by atoms with Crippen LogP contribution in [0, 0.1) is 10.1 Å². The number of esters is 2. The molecule has 1 amide bonds. The first-order valence-electron chi connectivity index (χ1n) is 14.7. The lowest BCUT2D eigenvalue weighted by Crippen LogP contribution is -2.26. The summed E-state index contributed by atoms with van der Waals surface area (Å²) in [6.07, 6.45) is 1.45. The second-order valence-corrected chi connectivity index (χ2v) is 10.2. The molecule has 2 N–H and O–H groups in total. The lowest BCUT2D eigenvalue weighted by Gasteiger charge is -2.19. The fourth-order valence-electron chi connectivity index (χ4n) is 5.08. The van der Waals surface area contributed by atoms with Crippen molar-refractivity contribution in [3.05, 3.63) is 55.7 Å². The van der Waals surface area contributed by atoms with E-state index in [4.69, 9.17) is 23.7 Å². The quantitative estimate of drug-likeness (QED) is 0.110. The van der Waals surface area contributed by atoms with E-state index in [1.165, 1.54) is 34.3 Å². The largest absolute Gasteiger partial charge is 0.493 e. The van der Waals surface area contributed by atoms with Gasteiger partial charge in [0.2, 0.25) is 17.1 Å². The van der Waals surface area contributed by atoms with E-state index in [9.17, 15) is 29.3 Å². The minimum Gasteiger partial charge on any atom is -0.493 e. The lowest BCUT2D eigenvalue weighted by atomic mass is 9.95. The molecule has 46 heavy (non-hydrogen) atoms. The number of ether oxygens (including phenoxy) is 5. The Bertz CT molecular complexity index is 1480. The monoisotopic (exact) mass is 645 g/mol. The van der Waals surface area contributed by atoms with Crippen molar-refractivity contribution in [2.75, 3.05) is 53.0 Å². The van der Waals surface area contributed by atoms with Crippen molar-refractivity contribution >= 4 is 23.5 Å². The molecule has 0 aromatic heterocycles. The van der Waals surface area contributed by atoms with Crippen LogP contribution in [0.2, 0.25) is 0 Å². The molecule has 0 aliphatic heterocycles. The van der Waals surface area contributed by atoms with E-state index in [0.717, 1.165) is 11.1 Å². The zero-order valence-corrected chi connectivity index (χ0v) is 26.3. The number of fused-ring (bicyclic) bond motifs is 3. The molecule has 0 saturated heterocycles. The van der Waals surface area contributed by atoms with Crippen molar-refractivity contribution in [3.8, 4) is 28.4 Å². The van der Waals surface area contributed by atoms with Crippen LogP contribution in [0.25, 0.3) is 11.1 Å². The summed E-state index contributed by atoms with van der Waals surface area (Å²) < 4.78 is 27.1. The summed E-state index contributed by atoms with van der Waals surface area (Å²) in [4.78, 5) is 63.6. The number of nitrogens with zero attached hydrogens (tertiary/aromatic N) is 1. The third-order valence-corrected chi connectivity index (χ3v) is 7.13. The number of rotatable bonds is 17. The summed E-state index contributed by atoms with van der Waals surface area (Å²) in [5.41, 5.74) is 2.83. The van der Waals surface area contributed by atoms with Gasteiger partial charge in [-0.1, -0.05) is 6.07 Å². The molecule has 0 unspecified atom stereocenters. The van der Waals surface area contributed by atoms with Gasteiger partial charge >= 0.3 is 11.9 Å². The molecule has 2 aromatic rings. The van der Waals surface area contributed by atoms with E-state index >= 15 is 0 Å². The molecule has 3 rings (SSSR count). The number of carbonyl (C=O) groups is 3. The number of methoxy groups -OCH3 is 3.